The van der Waals surface area contributed by atoms with Gasteiger partial charge in [-0.15, -0.1) is 0 Å². The first-order chi connectivity index (χ1) is 18.1. The van der Waals surface area contributed by atoms with Crippen LogP contribution in [0.15, 0.2) is 109 Å². The molecule has 0 aliphatic rings. The van der Waals surface area contributed by atoms with E-state index in [1.54, 1.807) is 0 Å². The van der Waals surface area contributed by atoms with E-state index in [-0.39, 0.29) is 12.5 Å². The summed E-state index contributed by atoms with van der Waals surface area (Å²) in [5.41, 5.74) is 6.66. The first-order valence-corrected chi connectivity index (χ1v) is 12.7. The zero-order chi connectivity index (χ0) is 25.7. The minimum atomic E-state index is -0.0716. The van der Waals surface area contributed by atoms with E-state index in [4.69, 9.17) is 14.0 Å². The average Bonchev–Trinajstić information content (AvgIpc) is 2.93. The third-order valence-electron chi connectivity index (χ3n) is 5.87. The molecule has 0 heterocycles. The van der Waals surface area contributed by atoms with E-state index in [2.05, 4.69) is 59.2 Å². The van der Waals surface area contributed by atoms with Crippen molar-refractivity contribution >= 4 is 37.3 Å². The Labute approximate surface area is 221 Å². The first kappa shape index (κ1) is 26.6. The van der Waals surface area contributed by atoms with Gasteiger partial charge in [0.2, 0.25) is 0 Å². The van der Waals surface area contributed by atoms with Gasteiger partial charge in [0.15, 0.2) is 0 Å². The summed E-state index contributed by atoms with van der Waals surface area (Å²) in [5, 5.41) is 6.68. The molecule has 0 saturated carbocycles. The lowest BCUT2D eigenvalue weighted by Gasteiger charge is -2.16. The van der Waals surface area contributed by atoms with Crippen LogP contribution < -0.4 is 21.6 Å². The van der Waals surface area contributed by atoms with Gasteiger partial charge in [0.05, 0.1) is 13.2 Å². The number of ether oxygens (including phenoxy) is 1. The Balaban J connectivity index is 1.12. The van der Waals surface area contributed by atoms with Crippen LogP contribution in [0.1, 0.15) is 25.0 Å². The molecule has 2 atom stereocenters. The van der Waals surface area contributed by atoms with Crippen molar-refractivity contribution in [3.05, 3.63) is 120 Å². The highest BCUT2D eigenvalue weighted by atomic mass is 16.5. The Hall–Kier alpha value is -3.51. The molecule has 0 amide bonds. The molecule has 0 aliphatic heterocycles. The van der Waals surface area contributed by atoms with E-state index in [0.717, 1.165) is 33.4 Å². The minimum Gasteiger partial charge on any atom is -0.416 e. The molecule has 0 bridgehead atoms. The standard InChI is InChI=1S/C30H34B2N2O3/c1-23(33-29-9-5-3-6-10-29)36-31-27-17-13-25(14-18-27)21-35-22-26-15-19-28(20-16-26)32-37-24(2)34-30-11-7-4-8-12-30/h3-20,23-24,31-34H,21-22H2,1-2H3. The van der Waals surface area contributed by atoms with E-state index in [9.17, 15) is 0 Å². The monoisotopic (exact) mass is 492 g/mol. The van der Waals surface area contributed by atoms with Gasteiger partial charge in [-0.05, 0) is 49.2 Å². The van der Waals surface area contributed by atoms with Crippen LogP contribution in [0, 0.1) is 0 Å². The average molecular weight is 492 g/mol. The summed E-state index contributed by atoms with van der Waals surface area (Å²) in [4.78, 5) is 0. The van der Waals surface area contributed by atoms with Crippen molar-refractivity contribution < 1.29 is 14.0 Å². The molecule has 5 nitrogen and oxygen atoms in total. The normalized spacial score (nSPS) is 12.4. The molecule has 4 aromatic rings. The Morgan fingerprint density at radius 2 is 0.919 bits per heavy atom. The molecule has 188 valence electrons. The molecule has 7 heteroatoms. The van der Waals surface area contributed by atoms with Gasteiger partial charge in [-0.3, -0.25) is 0 Å². The molecule has 4 aromatic carbocycles. The second kappa shape index (κ2) is 14.3. The van der Waals surface area contributed by atoms with Crippen molar-refractivity contribution in [3.8, 4) is 0 Å². The summed E-state index contributed by atoms with van der Waals surface area (Å²) in [7, 11) is 1.11. The van der Waals surface area contributed by atoms with Crippen LogP contribution in [0.3, 0.4) is 0 Å². The highest BCUT2D eigenvalue weighted by Crippen LogP contribution is 2.09. The second-order valence-electron chi connectivity index (χ2n) is 9.05. The van der Waals surface area contributed by atoms with Crippen molar-refractivity contribution in [1.82, 2.24) is 0 Å². The van der Waals surface area contributed by atoms with Gasteiger partial charge < -0.3 is 24.7 Å². The number of benzene rings is 4. The van der Waals surface area contributed by atoms with E-state index in [1.165, 1.54) is 0 Å². The number of rotatable bonds is 14. The maximum Gasteiger partial charge on any atom is 0.311 e. The van der Waals surface area contributed by atoms with Crippen molar-refractivity contribution in [2.45, 2.75) is 39.5 Å². The quantitative estimate of drug-likeness (QED) is 0.203. The summed E-state index contributed by atoms with van der Waals surface area (Å²) in [6.07, 6.45) is -0.143. The topological polar surface area (TPSA) is 51.8 Å². The second-order valence-corrected chi connectivity index (χ2v) is 9.05. The van der Waals surface area contributed by atoms with Gasteiger partial charge in [-0.25, -0.2) is 0 Å². The van der Waals surface area contributed by atoms with Gasteiger partial charge >= 0.3 is 15.0 Å². The van der Waals surface area contributed by atoms with Gasteiger partial charge in [-0.1, -0.05) is 95.9 Å². The number of nitrogens with one attached hydrogen (secondary N) is 2. The van der Waals surface area contributed by atoms with Crippen LogP contribution in [0.5, 0.6) is 0 Å². The molecule has 0 spiro atoms. The predicted octanol–water partition coefficient (Wildman–Crippen LogP) is 4.31. The summed E-state index contributed by atoms with van der Waals surface area (Å²) < 4.78 is 17.8. The Morgan fingerprint density at radius 3 is 1.30 bits per heavy atom. The van der Waals surface area contributed by atoms with Crippen LogP contribution in [0.25, 0.3) is 0 Å². The maximum atomic E-state index is 5.93. The zero-order valence-electron chi connectivity index (χ0n) is 21.6. The van der Waals surface area contributed by atoms with Crippen LogP contribution in [-0.4, -0.2) is 27.4 Å². The lowest BCUT2D eigenvalue weighted by Crippen LogP contribution is -2.27. The Kier molecular flexibility index (Phi) is 10.3. The summed E-state index contributed by atoms with van der Waals surface area (Å²) >= 11 is 0. The first-order valence-electron chi connectivity index (χ1n) is 12.7. The van der Waals surface area contributed by atoms with Crippen LogP contribution >= 0.6 is 0 Å². The fourth-order valence-electron chi connectivity index (χ4n) is 3.81. The summed E-state index contributed by atoms with van der Waals surface area (Å²) in [6.45, 7) is 5.17. The largest absolute Gasteiger partial charge is 0.416 e. The van der Waals surface area contributed by atoms with Crippen LogP contribution in [0.4, 0.5) is 11.4 Å². The molecule has 0 fully saturated rings. The summed E-state index contributed by atoms with van der Waals surface area (Å²) in [6, 6.07) is 36.9. The van der Waals surface area contributed by atoms with Crippen LogP contribution in [-0.2, 0) is 27.3 Å². The van der Waals surface area contributed by atoms with Crippen molar-refractivity contribution in [2.75, 3.05) is 10.6 Å². The Bertz CT molecular complexity index is 1080. The predicted molar refractivity (Wildman–Crippen MR) is 156 cm³/mol. The molecule has 37 heavy (non-hydrogen) atoms. The number of anilines is 2. The van der Waals surface area contributed by atoms with Crippen molar-refractivity contribution in [3.63, 3.8) is 0 Å². The lowest BCUT2D eigenvalue weighted by molar-refractivity contribution is 0.107. The Morgan fingerprint density at radius 1 is 0.541 bits per heavy atom. The fraction of sp³-hybridized carbons (Fsp3) is 0.200. The van der Waals surface area contributed by atoms with E-state index >= 15 is 0 Å². The van der Waals surface area contributed by atoms with Gasteiger partial charge in [-0.2, -0.15) is 0 Å². The lowest BCUT2D eigenvalue weighted by atomic mass is 9.87. The molecule has 0 aliphatic carbocycles. The highest BCUT2D eigenvalue weighted by Gasteiger charge is 2.06. The molecule has 0 aromatic heterocycles. The molecule has 0 radical (unpaired) electrons. The maximum absolute atomic E-state index is 5.93. The van der Waals surface area contributed by atoms with Gasteiger partial charge in [0, 0.05) is 11.4 Å². The van der Waals surface area contributed by atoms with E-state index in [1.807, 2.05) is 74.5 Å². The molecule has 0 saturated heterocycles. The third kappa shape index (κ3) is 9.46. The number of hydrogen-bond donors (Lipinski definition) is 2. The van der Waals surface area contributed by atoms with Crippen molar-refractivity contribution in [1.29, 1.82) is 0 Å². The van der Waals surface area contributed by atoms with Gasteiger partial charge in [0.1, 0.15) is 12.5 Å². The third-order valence-corrected chi connectivity index (χ3v) is 5.87. The minimum absolute atomic E-state index is 0.0716. The fourth-order valence-corrected chi connectivity index (χ4v) is 3.81. The highest BCUT2D eigenvalue weighted by molar-refractivity contribution is 6.47. The summed E-state index contributed by atoms with van der Waals surface area (Å²) in [5.74, 6) is 0. The molecular formula is C30H34B2N2O3. The number of para-hydroxylation sites is 2. The van der Waals surface area contributed by atoms with E-state index < -0.39 is 0 Å². The molecule has 2 N–H and O–H groups in total. The zero-order valence-corrected chi connectivity index (χ0v) is 21.6. The molecule has 2 unspecified atom stereocenters. The van der Waals surface area contributed by atoms with Crippen LogP contribution in [0.2, 0.25) is 0 Å². The van der Waals surface area contributed by atoms with Gasteiger partial charge in [0.25, 0.3) is 0 Å². The smallest absolute Gasteiger partial charge is 0.311 e. The number of hydrogen-bond acceptors (Lipinski definition) is 5. The van der Waals surface area contributed by atoms with E-state index in [0.29, 0.717) is 28.2 Å². The molecular weight excluding hydrogens is 458 g/mol. The molecule has 4 rings (SSSR count). The SMILES string of the molecule is CC(Nc1ccccc1)OBc1ccc(COCc2ccc(BOC(C)Nc3ccccc3)cc2)cc1. The van der Waals surface area contributed by atoms with Crippen molar-refractivity contribution in [2.24, 2.45) is 0 Å².